The molecule has 1 amide bonds. The maximum atomic E-state index is 12.3. The number of methoxy groups -OCH3 is 1. The van der Waals surface area contributed by atoms with E-state index in [2.05, 4.69) is 0 Å². The topological polar surface area (TPSA) is 57.2 Å². The molecule has 1 saturated heterocycles. The van der Waals surface area contributed by atoms with Crippen LogP contribution in [0.25, 0.3) is 0 Å². The molecule has 0 radical (unpaired) electrons. The first kappa shape index (κ1) is 17.7. The number of ether oxygens (including phenoxy) is 3. The molecule has 0 saturated carbocycles. The Morgan fingerprint density at radius 2 is 1.96 bits per heavy atom. The van der Waals surface area contributed by atoms with Gasteiger partial charge in [-0.05, 0) is 12.1 Å². The fourth-order valence-electron chi connectivity index (χ4n) is 2.71. The van der Waals surface area contributed by atoms with Gasteiger partial charge in [0.25, 0.3) is 5.91 Å². The van der Waals surface area contributed by atoms with E-state index in [1.54, 1.807) is 14.2 Å². The molecule has 128 valence electrons. The third kappa shape index (κ3) is 4.02. The third-order valence-corrected chi connectivity index (χ3v) is 4.21. The average molecular weight is 323 g/mol. The Bertz CT molecular complexity index is 518. The molecular formula is C17H25NO5. The zero-order valence-electron chi connectivity index (χ0n) is 14.3. The lowest BCUT2D eigenvalue weighted by Gasteiger charge is -2.38. The largest absolute Gasteiger partial charge is 0.497 e. The molecule has 0 bridgehead atoms. The summed E-state index contributed by atoms with van der Waals surface area (Å²) in [5.74, 6) is 0.466. The molecular weight excluding hydrogens is 298 g/mol. The number of nitrogens with zero attached hydrogens (tertiary/aromatic N) is 1. The Kier molecular flexibility index (Phi) is 5.98. The first-order chi connectivity index (χ1) is 11.0. The Hall–Kier alpha value is -1.63. The van der Waals surface area contributed by atoms with Crippen molar-refractivity contribution in [3.63, 3.8) is 0 Å². The van der Waals surface area contributed by atoms with E-state index in [1.165, 1.54) is 12.2 Å². The fraction of sp³-hybridized carbons (Fsp3) is 0.588. The summed E-state index contributed by atoms with van der Waals surface area (Å²) in [6, 6.07) is 7.54. The summed E-state index contributed by atoms with van der Waals surface area (Å²) in [5.41, 5.74) is 0.905. The molecule has 1 heterocycles. The van der Waals surface area contributed by atoms with E-state index in [0.29, 0.717) is 6.61 Å². The standard InChI is InChI=1S/C17H25NO5/c1-11-10-22-17(13-6-8-14(20-4)9-7-13)23-15(11)12(2)16(19)18(3)21-5/h6-9,11-12,15,17H,10H2,1-5H3/t11?,12-,15+,17+/m1/s1. The van der Waals surface area contributed by atoms with Crippen molar-refractivity contribution < 1.29 is 23.8 Å². The molecule has 1 aliphatic rings. The molecule has 1 fully saturated rings. The highest BCUT2D eigenvalue weighted by Gasteiger charge is 2.37. The highest BCUT2D eigenvalue weighted by molar-refractivity contribution is 5.77. The molecule has 0 aromatic heterocycles. The van der Waals surface area contributed by atoms with Gasteiger partial charge in [0.15, 0.2) is 6.29 Å². The molecule has 2 rings (SSSR count). The average Bonchev–Trinajstić information content (AvgIpc) is 2.60. The minimum absolute atomic E-state index is 0.111. The zero-order valence-corrected chi connectivity index (χ0v) is 14.3. The first-order valence-corrected chi connectivity index (χ1v) is 7.70. The lowest BCUT2D eigenvalue weighted by atomic mass is 9.92. The number of amides is 1. The van der Waals surface area contributed by atoms with Crippen LogP contribution in [0.2, 0.25) is 0 Å². The van der Waals surface area contributed by atoms with Gasteiger partial charge in [0.1, 0.15) is 5.75 Å². The minimum atomic E-state index is -0.481. The predicted octanol–water partition coefficient (Wildman–Crippen LogP) is 2.40. The monoisotopic (exact) mass is 323 g/mol. The quantitative estimate of drug-likeness (QED) is 0.779. The van der Waals surface area contributed by atoms with Crippen LogP contribution in [-0.4, -0.2) is 44.9 Å². The molecule has 1 aromatic carbocycles. The van der Waals surface area contributed by atoms with Crippen LogP contribution in [0.15, 0.2) is 24.3 Å². The van der Waals surface area contributed by atoms with Gasteiger partial charge < -0.3 is 14.2 Å². The second-order valence-electron chi connectivity index (χ2n) is 5.82. The van der Waals surface area contributed by atoms with Crippen LogP contribution in [0.4, 0.5) is 0 Å². The maximum absolute atomic E-state index is 12.3. The highest BCUT2D eigenvalue weighted by atomic mass is 16.7. The summed E-state index contributed by atoms with van der Waals surface area (Å²) in [7, 11) is 4.70. The molecule has 0 N–H and O–H groups in total. The molecule has 4 atom stereocenters. The van der Waals surface area contributed by atoms with Crippen molar-refractivity contribution >= 4 is 5.91 Å². The number of hydroxylamine groups is 2. The molecule has 0 spiro atoms. The van der Waals surface area contributed by atoms with Gasteiger partial charge in [-0.2, -0.15) is 0 Å². The Balaban J connectivity index is 2.10. The molecule has 6 heteroatoms. The van der Waals surface area contributed by atoms with E-state index >= 15 is 0 Å². The molecule has 1 aliphatic heterocycles. The van der Waals surface area contributed by atoms with Gasteiger partial charge in [-0.15, -0.1) is 0 Å². The number of benzene rings is 1. The van der Waals surface area contributed by atoms with Crippen molar-refractivity contribution in [1.29, 1.82) is 0 Å². The van der Waals surface area contributed by atoms with E-state index in [1.807, 2.05) is 38.1 Å². The van der Waals surface area contributed by atoms with E-state index in [9.17, 15) is 4.79 Å². The van der Waals surface area contributed by atoms with Gasteiger partial charge in [-0.25, -0.2) is 5.06 Å². The number of carbonyl (C=O) groups is 1. The van der Waals surface area contributed by atoms with Crippen molar-refractivity contribution in [3.05, 3.63) is 29.8 Å². The van der Waals surface area contributed by atoms with Crippen molar-refractivity contribution in [2.24, 2.45) is 11.8 Å². The Morgan fingerprint density at radius 3 is 2.52 bits per heavy atom. The van der Waals surface area contributed by atoms with Crippen molar-refractivity contribution in [3.8, 4) is 5.75 Å². The number of rotatable bonds is 5. The van der Waals surface area contributed by atoms with E-state index < -0.39 is 6.29 Å². The molecule has 0 aliphatic carbocycles. The van der Waals surface area contributed by atoms with Crippen LogP contribution in [0.5, 0.6) is 5.75 Å². The van der Waals surface area contributed by atoms with Gasteiger partial charge in [0.2, 0.25) is 0 Å². The van der Waals surface area contributed by atoms with Gasteiger partial charge >= 0.3 is 0 Å². The van der Waals surface area contributed by atoms with Crippen LogP contribution in [-0.2, 0) is 19.1 Å². The first-order valence-electron chi connectivity index (χ1n) is 7.70. The van der Waals surface area contributed by atoms with E-state index in [-0.39, 0.29) is 23.8 Å². The second kappa shape index (κ2) is 7.77. The lowest BCUT2D eigenvalue weighted by Crippen LogP contribution is -2.45. The van der Waals surface area contributed by atoms with Gasteiger partial charge in [0.05, 0.1) is 32.8 Å². The summed E-state index contributed by atoms with van der Waals surface area (Å²) in [5, 5.41) is 1.23. The maximum Gasteiger partial charge on any atom is 0.251 e. The third-order valence-electron chi connectivity index (χ3n) is 4.21. The second-order valence-corrected chi connectivity index (χ2v) is 5.82. The van der Waals surface area contributed by atoms with Crippen LogP contribution in [0.3, 0.4) is 0 Å². The van der Waals surface area contributed by atoms with E-state index in [0.717, 1.165) is 11.3 Å². The van der Waals surface area contributed by atoms with Crippen LogP contribution in [0, 0.1) is 11.8 Å². The van der Waals surface area contributed by atoms with Crippen molar-refractivity contribution in [1.82, 2.24) is 5.06 Å². The summed E-state index contributed by atoms with van der Waals surface area (Å²) in [6.07, 6.45) is -0.717. The van der Waals surface area contributed by atoms with Crippen LogP contribution < -0.4 is 4.74 Å². The highest BCUT2D eigenvalue weighted by Crippen LogP contribution is 2.33. The summed E-state index contributed by atoms with van der Waals surface area (Å²) in [4.78, 5) is 17.3. The molecule has 1 unspecified atom stereocenters. The summed E-state index contributed by atoms with van der Waals surface area (Å²) >= 11 is 0. The van der Waals surface area contributed by atoms with Gasteiger partial charge in [0, 0.05) is 18.5 Å². The van der Waals surface area contributed by atoms with Crippen LogP contribution in [0.1, 0.15) is 25.7 Å². The van der Waals surface area contributed by atoms with Gasteiger partial charge in [-0.3, -0.25) is 9.63 Å². The molecule has 6 nitrogen and oxygen atoms in total. The smallest absolute Gasteiger partial charge is 0.251 e. The van der Waals surface area contributed by atoms with Crippen molar-refractivity contribution in [2.75, 3.05) is 27.9 Å². The SMILES string of the molecule is COc1ccc([C@H]2OCC(C)[C@@H]([C@@H](C)C(=O)N(C)OC)O2)cc1. The van der Waals surface area contributed by atoms with Crippen LogP contribution >= 0.6 is 0 Å². The lowest BCUT2D eigenvalue weighted by molar-refractivity contribution is -0.252. The van der Waals surface area contributed by atoms with Gasteiger partial charge in [-0.1, -0.05) is 26.0 Å². The molecule has 23 heavy (non-hydrogen) atoms. The number of carbonyl (C=O) groups excluding carboxylic acids is 1. The van der Waals surface area contributed by atoms with Crippen molar-refractivity contribution in [2.45, 2.75) is 26.2 Å². The number of hydrogen-bond acceptors (Lipinski definition) is 5. The summed E-state index contributed by atoms with van der Waals surface area (Å²) in [6.45, 7) is 4.41. The molecule has 1 aromatic rings. The van der Waals surface area contributed by atoms with E-state index in [4.69, 9.17) is 19.0 Å². The minimum Gasteiger partial charge on any atom is -0.497 e. The number of hydrogen-bond donors (Lipinski definition) is 0. The Labute approximate surface area is 137 Å². The zero-order chi connectivity index (χ0) is 17.0. The summed E-state index contributed by atoms with van der Waals surface area (Å²) < 4.78 is 17.0. The Morgan fingerprint density at radius 1 is 1.30 bits per heavy atom. The predicted molar refractivity (Wildman–Crippen MR) is 84.7 cm³/mol. The fourth-order valence-corrected chi connectivity index (χ4v) is 2.71. The normalized spacial score (nSPS) is 25.7.